The van der Waals surface area contributed by atoms with Crippen LogP contribution >= 0.6 is 0 Å². The number of rotatable bonds is 3. The first-order chi connectivity index (χ1) is 8.66. The van der Waals surface area contributed by atoms with Gasteiger partial charge in [0.25, 0.3) is 0 Å². The number of carbonyl (C=O) groups is 1. The predicted octanol–water partition coefficient (Wildman–Crippen LogP) is 1.24. The highest BCUT2D eigenvalue weighted by Gasteiger charge is 2.25. The summed E-state index contributed by atoms with van der Waals surface area (Å²) in [5.74, 6) is -0.0170. The van der Waals surface area contributed by atoms with Crippen molar-refractivity contribution in [1.29, 1.82) is 0 Å². The maximum absolute atomic E-state index is 11.6. The smallest absolute Gasteiger partial charge is 0.365 e. The normalized spacial score (nSPS) is 23.9. The third-order valence-corrected chi connectivity index (χ3v) is 3.13. The van der Waals surface area contributed by atoms with Crippen LogP contribution in [0.15, 0.2) is 35.5 Å². The highest BCUT2D eigenvalue weighted by Crippen LogP contribution is 2.24. The van der Waals surface area contributed by atoms with Crippen molar-refractivity contribution in [3.8, 4) is 0 Å². The van der Waals surface area contributed by atoms with Crippen molar-refractivity contribution in [2.24, 2.45) is 22.5 Å². The Morgan fingerprint density at radius 2 is 2.00 bits per heavy atom. The molecule has 0 heterocycles. The van der Waals surface area contributed by atoms with Crippen molar-refractivity contribution in [2.45, 2.75) is 25.3 Å². The minimum atomic E-state index is -0.499. The molecule has 96 valence electrons. The summed E-state index contributed by atoms with van der Waals surface area (Å²) < 4.78 is 0. The first kappa shape index (κ1) is 12.6. The second-order valence-electron chi connectivity index (χ2n) is 4.53. The summed E-state index contributed by atoms with van der Waals surface area (Å²) in [7, 11) is 0. The van der Waals surface area contributed by atoms with Gasteiger partial charge < -0.3 is 16.3 Å². The Morgan fingerprint density at radius 3 is 2.61 bits per heavy atom. The number of nitrogens with zero attached hydrogens (tertiary/aromatic N) is 1. The van der Waals surface area contributed by atoms with E-state index in [4.69, 9.17) is 16.3 Å². The molecular formula is C13H17N3O2. The third kappa shape index (κ3) is 3.07. The lowest BCUT2D eigenvalue weighted by molar-refractivity contribution is 0.0513. The second kappa shape index (κ2) is 5.64. The molecule has 5 heteroatoms. The summed E-state index contributed by atoms with van der Waals surface area (Å²) in [4.78, 5) is 16.4. The minimum Gasteiger partial charge on any atom is -0.384 e. The lowest BCUT2D eigenvalue weighted by Gasteiger charge is -2.07. The first-order valence-corrected chi connectivity index (χ1v) is 6.02. The molecular weight excluding hydrogens is 230 g/mol. The summed E-state index contributed by atoms with van der Waals surface area (Å²) in [5, 5.41) is 3.71. The zero-order valence-electron chi connectivity index (χ0n) is 10.1. The SMILES string of the molecule is N/C(=N\OC(=O)c1ccccc1)C1CCC(N)C1. The molecule has 2 rings (SSSR count). The molecule has 1 aromatic carbocycles. The van der Waals surface area contributed by atoms with Crippen LogP contribution in [0.25, 0.3) is 0 Å². The Morgan fingerprint density at radius 1 is 1.28 bits per heavy atom. The van der Waals surface area contributed by atoms with Crippen LogP contribution in [0.5, 0.6) is 0 Å². The van der Waals surface area contributed by atoms with Crippen molar-refractivity contribution in [3.63, 3.8) is 0 Å². The molecule has 4 N–H and O–H groups in total. The Kier molecular flexibility index (Phi) is 3.94. The molecule has 1 aliphatic carbocycles. The molecule has 0 aromatic heterocycles. The highest BCUT2D eigenvalue weighted by atomic mass is 16.7. The van der Waals surface area contributed by atoms with Gasteiger partial charge in [-0.05, 0) is 31.4 Å². The van der Waals surface area contributed by atoms with Crippen LogP contribution in [-0.4, -0.2) is 17.8 Å². The number of oxime groups is 1. The fourth-order valence-electron chi connectivity index (χ4n) is 2.08. The van der Waals surface area contributed by atoms with Gasteiger partial charge >= 0.3 is 5.97 Å². The number of nitrogens with two attached hydrogens (primary N) is 2. The van der Waals surface area contributed by atoms with Gasteiger partial charge in [0.05, 0.1) is 5.56 Å². The van der Waals surface area contributed by atoms with Crippen LogP contribution in [0.4, 0.5) is 0 Å². The molecule has 0 saturated heterocycles. The van der Waals surface area contributed by atoms with Gasteiger partial charge in [-0.25, -0.2) is 4.79 Å². The quantitative estimate of drug-likeness (QED) is 0.364. The number of hydrogen-bond acceptors (Lipinski definition) is 4. The largest absolute Gasteiger partial charge is 0.384 e. The van der Waals surface area contributed by atoms with E-state index in [1.807, 2.05) is 6.07 Å². The number of carbonyl (C=O) groups excluding carboxylic acids is 1. The maximum Gasteiger partial charge on any atom is 0.365 e. The van der Waals surface area contributed by atoms with Crippen molar-refractivity contribution >= 4 is 11.8 Å². The standard InChI is InChI=1S/C13H17N3O2/c14-11-7-6-10(8-11)12(15)16-18-13(17)9-4-2-1-3-5-9/h1-5,10-11H,6-8,14H2,(H2,15,16). The zero-order chi connectivity index (χ0) is 13.0. The van der Waals surface area contributed by atoms with E-state index in [9.17, 15) is 4.79 Å². The lowest BCUT2D eigenvalue weighted by Crippen LogP contribution is -2.24. The van der Waals surface area contributed by atoms with Crippen molar-refractivity contribution < 1.29 is 9.63 Å². The summed E-state index contributed by atoms with van der Waals surface area (Å²) in [5.41, 5.74) is 12.0. The van der Waals surface area contributed by atoms with E-state index in [1.165, 1.54) is 0 Å². The lowest BCUT2D eigenvalue weighted by atomic mass is 10.1. The molecule has 2 unspecified atom stereocenters. The van der Waals surface area contributed by atoms with Crippen LogP contribution < -0.4 is 11.5 Å². The van der Waals surface area contributed by atoms with Crippen molar-refractivity contribution in [1.82, 2.24) is 0 Å². The first-order valence-electron chi connectivity index (χ1n) is 6.02. The van der Waals surface area contributed by atoms with E-state index in [0.717, 1.165) is 19.3 Å². The molecule has 2 atom stereocenters. The van der Waals surface area contributed by atoms with Gasteiger partial charge in [-0.15, -0.1) is 0 Å². The van der Waals surface area contributed by atoms with Crippen LogP contribution in [0.3, 0.4) is 0 Å². The monoisotopic (exact) mass is 247 g/mol. The third-order valence-electron chi connectivity index (χ3n) is 3.13. The fraction of sp³-hybridized carbons (Fsp3) is 0.385. The van der Waals surface area contributed by atoms with Gasteiger partial charge in [-0.1, -0.05) is 23.4 Å². The summed E-state index contributed by atoms with van der Waals surface area (Å²) in [6.45, 7) is 0. The summed E-state index contributed by atoms with van der Waals surface area (Å²) in [6, 6.07) is 8.86. The molecule has 1 saturated carbocycles. The Balaban J connectivity index is 1.92. The Labute approximate surface area is 106 Å². The van der Waals surface area contributed by atoms with Gasteiger partial charge in [0.1, 0.15) is 5.84 Å². The molecule has 1 aliphatic rings. The van der Waals surface area contributed by atoms with Crippen LogP contribution in [0.2, 0.25) is 0 Å². The molecule has 1 aromatic rings. The van der Waals surface area contributed by atoms with Gasteiger partial charge in [-0.3, -0.25) is 0 Å². The summed E-state index contributed by atoms with van der Waals surface area (Å²) in [6.07, 6.45) is 2.64. The van der Waals surface area contributed by atoms with E-state index in [0.29, 0.717) is 11.4 Å². The minimum absolute atomic E-state index is 0.128. The fourth-order valence-corrected chi connectivity index (χ4v) is 2.08. The number of amidine groups is 1. The molecule has 0 aliphatic heterocycles. The Hall–Kier alpha value is -1.88. The molecule has 0 radical (unpaired) electrons. The molecule has 18 heavy (non-hydrogen) atoms. The van der Waals surface area contributed by atoms with Crippen molar-refractivity contribution in [2.75, 3.05) is 0 Å². The molecule has 0 amide bonds. The zero-order valence-corrected chi connectivity index (χ0v) is 10.1. The number of benzene rings is 1. The van der Waals surface area contributed by atoms with Gasteiger partial charge in [0, 0.05) is 12.0 Å². The van der Waals surface area contributed by atoms with E-state index in [1.54, 1.807) is 24.3 Å². The summed E-state index contributed by atoms with van der Waals surface area (Å²) >= 11 is 0. The molecule has 5 nitrogen and oxygen atoms in total. The van der Waals surface area contributed by atoms with E-state index in [-0.39, 0.29) is 12.0 Å². The average molecular weight is 247 g/mol. The van der Waals surface area contributed by atoms with Crippen LogP contribution in [-0.2, 0) is 4.84 Å². The molecule has 0 spiro atoms. The van der Waals surface area contributed by atoms with Gasteiger partial charge in [0.15, 0.2) is 0 Å². The van der Waals surface area contributed by atoms with Crippen molar-refractivity contribution in [3.05, 3.63) is 35.9 Å². The van der Waals surface area contributed by atoms with Gasteiger partial charge in [-0.2, -0.15) is 0 Å². The molecule has 0 bridgehead atoms. The number of hydrogen-bond donors (Lipinski definition) is 2. The van der Waals surface area contributed by atoms with Gasteiger partial charge in [0.2, 0.25) is 0 Å². The van der Waals surface area contributed by atoms with E-state index < -0.39 is 5.97 Å². The van der Waals surface area contributed by atoms with E-state index in [2.05, 4.69) is 5.16 Å². The van der Waals surface area contributed by atoms with Crippen LogP contribution in [0.1, 0.15) is 29.6 Å². The average Bonchev–Trinajstić information content (AvgIpc) is 2.83. The maximum atomic E-state index is 11.6. The highest BCUT2D eigenvalue weighted by molar-refractivity contribution is 5.90. The molecule has 1 fully saturated rings. The van der Waals surface area contributed by atoms with Crippen LogP contribution in [0, 0.1) is 5.92 Å². The topological polar surface area (TPSA) is 90.7 Å². The van der Waals surface area contributed by atoms with E-state index >= 15 is 0 Å². The predicted molar refractivity (Wildman–Crippen MR) is 68.8 cm³/mol. The Bertz CT molecular complexity index is 445. The second-order valence-corrected chi connectivity index (χ2v) is 4.53.